The fourth-order valence-electron chi connectivity index (χ4n) is 1.38. The topological polar surface area (TPSA) is 91.3 Å². The minimum atomic E-state index is -1.18. The molecule has 0 amide bonds. The molecule has 0 radical (unpaired) electrons. The van der Waals surface area contributed by atoms with Gasteiger partial charge in [0, 0.05) is 12.3 Å². The molecule has 0 aliphatic rings. The third-order valence-electron chi connectivity index (χ3n) is 2.29. The van der Waals surface area contributed by atoms with E-state index in [1.54, 1.807) is 22.6 Å². The summed E-state index contributed by atoms with van der Waals surface area (Å²) in [6.07, 6.45) is 1.31. The van der Waals surface area contributed by atoms with Crippen molar-refractivity contribution >= 4 is 34.1 Å². The molecule has 0 saturated carbocycles. The highest BCUT2D eigenvalue weighted by atomic mass is 127. The lowest BCUT2D eigenvalue weighted by molar-refractivity contribution is -0.385. The molecule has 9 heteroatoms. The molecule has 0 fully saturated rings. The summed E-state index contributed by atoms with van der Waals surface area (Å²) in [6.45, 7) is 0. The second kappa shape index (κ2) is 5.53. The van der Waals surface area contributed by atoms with Crippen LogP contribution in [0.1, 0.15) is 0 Å². The zero-order valence-electron chi connectivity index (χ0n) is 9.64. The van der Waals surface area contributed by atoms with Gasteiger partial charge in [-0.2, -0.15) is 0 Å². The Morgan fingerprint density at radius 2 is 1.95 bits per heavy atom. The number of hydrogen-bond donors (Lipinski definition) is 1. The maximum atomic E-state index is 13.7. The van der Waals surface area contributed by atoms with E-state index in [0.29, 0.717) is 15.7 Å². The molecule has 0 aliphatic carbocycles. The maximum absolute atomic E-state index is 13.7. The van der Waals surface area contributed by atoms with Gasteiger partial charge in [-0.15, -0.1) is 0 Å². The summed E-state index contributed by atoms with van der Waals surface area (Å²) in [6, 6.07) is 2.53. The minimum absolute atomic E-state index is 0.102. The number of pyridine rings is 1. The number of hydrogen-bond acceptors (Lipinski definition) is 5. The third-order valence-corrected chi connectivity index (χ3v) is 3.37. The quantitative estimate of drug-likeness (QED) is 0.491. The van der Waals surface area contributed by atoms with Crippen LogP contribution in [0.4, 0.5) is 20.3 Å². The van der Waals surface area contributed by atoms with E-state index in [-0.39, 0.29) is 11.6 Å². The first-order valence-corrected chi connectivity index (χ1v) is 6.19. The Hall–Kier alpha value is -2.04. The van der Waals surface area contributed by atoms with Crippen molar-refractivity contribution in [2.45, 2.75) is 0 Å². The summed E-state index contributed by atoms with van der Waals surface area (Å²) in [4.78, 5) is 13.4. The number of benzene rings is 1. The zero-order chi connectivity index (χ0) is 14.9. The van der Waals surface area contributed by atoms with Crippen LogP contribution >= 0.6 is 22.6 Å². The van der Waals surface area contributed by atoms with Crippen LogP contribution < -0.4 is 10.5 Å². The number of halogens is 3. The number of anilines is 1. The molecule has 0 atom stereocenters. The van der Waals surface area contributed by atoms with Crippen molar-refractivity contribution in [2.75, 3.05) is 5.73 Å². The molecule has 0 spiro atoms. The molecular weight excluding hydrogens is 387 g/mol. The highest BCUT2D eigenvalue weighted by Crippen LogP contribution is 2.34. The van der Waals surface area contributed by atoms with Gasteiger partial charge in [0.15, 0.2) is 17.4 Å². The number of nitrogens with zero attached hydrogens (tertiary/aromatic N) is 2. The van der Waals surface area contributed by atoms with Gasteiger partial charge >= 0.3 is 0 Å². The Bertz CT molecular complexity index is 674. The van der Waals surface area contributed by atoms with Crippen molar-refractivity contribution in [3.05, 3.63) is 49.7 Å². The van der Waals surface area contributed by atoms with E-state index in [4.69, 9.17) is 10.5 Å². The molecule has 1 aromatic carbocycles. The summed E-state index contributed by atoms with van der Waals surface area (Å²) in [5.74, 6) is -2.85. The Kier molecular flexibility index (Phi) is 3.97. The summed E-state index contributed by atoms with van der Waals surface area (Å²) < 4.78 is 32.8. The number of nitrogens with two attached hydrogens (primary N) is 1. The Morgan fingerprint density at radius 1 is 1.35 bits per heavy atom. The number of nitro groups is 1. The van der Waals surface area contributed by atoms with E-state index in [1.807, 2.05) is 0 Å². The number of nitro benzene ring substituents is 1. The average molecular weight is 393 g/mol. The van der Waals surface area contributed by atoms with Crippen molar-refractivity contribution in [1.29, 1.82) is 0 Å². The van der Waals surface area contributed by atoms with Crippen LogP contribution in [-0.2, 0) is 0 Å². The van der Waals surface area contributed by atoms with Gasteiger partial charge in [0.1, 0.15) is 11.6 Å². The van der Waals surface area contributed by atoms with E-state index >= 15 is 0 Å². The molecule has 104 valence electrons. The molecule has 1 heterocycles. The molecule has 6 nitrogen and oxygen atoms in total. The molecule has 0 unspecified atom stereocenters. The fraction of sp³-hybridized carbons (Fsp3) is 0. The smallest absolute Gasteiger partial charge is 0.275 e. The van der Waals surface area contributed by atoms with Crippen LogP contribution in [0.15, 0.2) is 24.4 Å². The fourth-order valence-corrected chi connectivity index (χ4v) is 1.81. The molecule has 1 aromatic heterocycles. The van der Waals surface area contributed by atoms with Gasteiger partial charge in [-0.25, -0.2) is 13.8 Å². The lowest BCUT2D eigenvalue weighted by atomic mass is 10.2. The van der Waals surface area contributed by atoms with Gasteiger partial charge < -0.3 is 10.5 Å². The molecule has 2 N–H and O–H groups in total. The van der Waals surface area contributed by atoms with Crippen LogP contribution in [0.5, 0.6) is 11.5 Å². The van der Waals surface area contributed by atoms with E-state index in [1.165, 1.54) is 12.3 Å². The second-order valence-corrected chi connectivity index (χ2v) is 4.68. The monoisotopic (exact) mass is 393 g/mol. The second-order valence-electron chi connectivity index (χ2n) is 3.61. The predicted octanol–water partition coefficient (Wildman–Crippen LogP) is 3.25. The summed E-state index contributed by atoms with van der Waals surface area (Å²) >= 11 is 1.81. The first kappa shape index (κ1) is 14.4. The van der Waals surface area contributed by atoms with E-state index < -0.39 is 28.0 Å². The largest absolute Gasteiger partial charge is 0.450 e. The zero-order valence-corrected chi connectivity index (χ0v) is 11.8. The van der Waals surface area contributed by atoms with Crippen LogP contribution in [0.3, 0.4) is 0 Å². The van der Waals surface area contributed by atoms with Crippen LogP contribution in [-0.4, -0.2) is 9.91 Å². The van der Waals surface area contributed by atoms with E-state index in [2.05, 4.69) is 4.98 Å². The van der Waals surface area contributed by atoms with Crippen molar-refractivity contribution in [1.82, 2.24) is 4.98 Å². The molecule has 2 rings (SSSR count). The van der Waals surface area contributed by atoms with Crippen LogP contribution in [0.2, 0.25) is 0 Å². The Morgan fingerprint density at radius 3 is 2.50 bits per heavy atom. The van der Waals surface area contributed by atoms with Gasteiger partial charge in [-0.1, -0.05) is 0 Å². The Balaban J connectivity index is 2.44. The van der Waals surface area contributed by atoms with Gasteiger partial charge in [0.2, 0.25) is 0 Å². The number of ether oxygens (including phenoxy) is 1. The van der Waals surface area contributed by atoms with Gasteiger partial charge in [0.05, 0.1) is 20.6 Å². The number of aromatic nitrogens is 1. The van der Waals surface area contributed by atoms with Crippen molar-refractivity contribution in [3.8, 4) is 11.5 Å². The van der Waals surface area contributed by atoms with Gasteiger partial charge in [-0.05, 0) is 22.6 Å². The first-order chi connectivity index (χ1) is 9.40. The maximum Gasteiger partial charge on any atom is 0.275 e. The van der Waals surface area contributed by atoms with Crippen LogP contribution in [0.25, 0.3) is 0 Å². The van der Waals surface area contributed by atoms with E-state index in [0.717, 1.165) is 0 Å². The summed E-state index contributed by atoms with van der Waals surface area (Å²) in [7, 11) is 0. The van der Waals surface area contributed by atoms with Crippen molar-refractivity contribution in [3.63, 3.8) is 0 Å². The lowest BCUT2D eigenvalue weighted by Gasteiger charge is -2.10. The number of non-ortho nitro benzene ring substituents is 1. The highest BCUT2D eigenvalue weighted by Gasteiger charge is 2.20. The number of rotatable bonds is 3. The Labute approximate surface area is 124 Å². The summed E-state index contributed by atoms with van der Waals surface area (Å²) in [5, 5.41) is 10.5. The number of nitrogen functional groups attached to an aromatic ring is 1. The standard InChI is InChI=1S/C11H6F2IN3O3/c12-6-3-5(17(18)19)4-7(13)10(6)20-8-1-2-16-11(15)9(8)14/h1-4H,(H2,15,16). The van der Waals surface area contributed by atoms with Gasteiger partial charge in [-0.3, -0.25) is 10.1 Å². The molecule has 0 aliphatic heterocycles. The SMILES string of the molecule is Nc1nccc(Oc2c(F)cc([N+](=O)[O-])cc2F)c1I. The molecule has 20 heavy (non-hydrogen) atoms. The first-order valence-electron chi connectivity index (χ1n) is 5.11. The average Bonchev–Trinajstić information content (AvgIpc) is 2.38. The molecule has 2 aromatic rings. The molecular formula is C11H6F2IN3O3. The lowest BCUT2D eigenvalue weighted by Crippen LogP contribution is -2.00. The third kappa shape index (κ3) is 2.76. The van der Waals surface area contributed by atoms with Crippen LogP contribution in [0, 0.1) is 25.3 Å². The van der Waals surface area contributed by atoms with Gasteiger partial charge in [0.25, 0.3) is 5.69 Å². The van der Waals surface area contributed by atoms with Crippen molar-refractivity contribution in [2.24, 2.45) is 0 Å². The molecule has 0 saturated heterocycles. The normalized spacial score (nSPS) is 10.3. The molecule has 0 bridgehead atoms. The minimum Gasteiger partial charge on any atom is -0.450 e. The van der Waals surface area contributed by atoms with E-state index in [9.17, 15) is 18.9 Å². The summed E-state index contributed by atoms with van der Waals surface area (Å²) in [5.41, 5.74) is 4.84. The highest BCUT2D eigenvalue weighted by molar-refractivity contribution is 14.1. The van der Waals surface area contributed by atoms with Crippen molar-refractivity contribution < 1.29 is 18.4 Å². The predicted molar refractivity (Wildman–Crippen MR) is 74.5 cm³/mol.